The predicted octanol–water partition coefficient (Wildman–Crippen LogP) is 2.25. The van der Waals surface area contributed by atoms with Gasteiger partial charge in [0.2, 0.25) is 0 Å². The van der Waals surface area contributed by atoms with Crippen LogP contribution in [0.3, 0.4) is 0 Å². The number of sulfone groups is 1. The van der Waals surface area contributed by atoms with Crippen LogP contribution in [-0.2, 0) is 9.84 Å². The van der Waals surface area contributed by atoms with Gasteiger partial charge in [0.15, 0.2) is 9.84 Å². The van der Waals surface area contributed by atoms with Gasteiger partial charge in [0.05, 0.1) is 11.1 Å². The van der Waals surface area contributed by atoms with Crippen molar-refractivity contribution in [3.8, 4) is 0 Å². The SMILES string of the molecule is CS(=O)(=O)c1ccc(NC(=O)N/N=C\c2ccccc2)cc1. The molecule has 114 valence electrons. The molecule has 0 saturated heterocycles. The highest BCUT2D eigenvalue weighted by Crippen LogP contribution is 2.13. The van der Waals surface area contributed by atoms with Crippen molar-refractivity contribution < 1.29 is 13.2 Å². The standard InChI is InChI=1S/C15H15N3O3S/c1-22(20,21)14-9-7-13(8-10-14)17-15(19)18-16-11-12-5-3-2-4-6-12/h2-11H,1H3,(H2,17,18,19)/b16-11-. The lowest BCUT2D eigenvalue weighted by Crippen LogP contribution is -2.24. The van der Waals surface area contributed by atoms with E-state index in [0.717, 1.165) is 11.8 Å². The Morgan fingerprint density at radius 2 is 1.68 bits per heavy atom. The van der Waals surface area contributed by atoms with E-state index in [2.05, 4.69) is 15.8 Å². The molecule has 0 radical (unpaired) electrons. The second kappa shape index (κ2) is 6.86. The number of nitrogens with zero attached hydrogens (tertiary/aromatic N) is 1. The van der Waals surface area contributed by atoms with Crippen molar-refractivity contribution in [3.63, 3.8) is 0 Å². The van der Waals surface area contributed by atoms with Crippen molar-refractivity contribution in [2.75, 3.05) is 11.6 Å². The fourth-order valence-corrected chi connectivity index (χ4v) is 2.28. The number of carbonyl (C=O) groups excluding carboxylic acids is 1. The Labute approximate surface area is 128 Å². The monoisotopic (exact) mass is 317 g/mol. The second-order valence-electron chi connectivity index (χ2n) is 4.53. The van der Waals surface area contributed by atoms with Gasteiger partial charge in [-0.25, -0.2) is 18.6 Å². The quantitative estimate of drug-likeness (QED) is 0.669. The normalized spacial score (nSPS) is 11.3. The molecule has 6 nitrogen and oxygen atoms in total. The summed E-state index contributed by atoms with van der Waals surface area (Å²) in [5.41, 5.74) is 3.66. The average Bonchev–Trinajstić information content (AvgIpc) is 2.48. The summed E-state index contributed by atoms with van der Waals surface area (Å²) in [7, 11) is -3.24. The third-order valence-corrected chi connectivity index (χ3v) is 3.85. The maximum absolute atomic E-state index is 11.6. The molecule has 7 heteroatoms. The molecular weight excluding hydrogens is 302 g/mol. The summed E-state index contributed by atoms with van der Waals surface area (Å²) in [6.07, 6.45) is 2.65. The van der Waals surface area contributed by atoms with Crippen LogP contribution in [0.25, 0.3) is 0 Å². The van der Waals surface area contributed by atoms with E-state index < -0.39 is 15.9 Å². The Kier molecular flexibility index (Phi) is 4.90. The third kappa shape index (κ3) is 4.71. The fourth-order valence-electron chi connectivity index (χ4n) is 1.65. The summed E-state index contributed by atoms with van der Waals surface area (Å²) in [6.45, 7) is 0. The molecule has 0 aliphatic heterocycles. The van der Waals surface area contributed by atoms with Gasteiger partial charge < -0.3 is 5.32 Å². The molecule has 0 aliphatic carbocycles. The molecule has 0 fully saturated rings. The lowest BCUT2D eigenvalue weighted by Gasteiger charge is -2.05. The van der Waals surface area contributed by atoms with E-state index in [9.17, 15) is 13.2 Å². The summed E-state index contributed by atoms with van der Waals surface area (Å²) in [5.74, 6) is 0. The van der Waals surface area contributed by atoms with Crippen molar-refractivity contribution in [1.29, 1.82) is 0 Å². The minimum Gasteiger partial charge on any atom is -0.307 e. The molecule has 2 amide bonds. The van der Waals surface area contributed by atoms with Crippen molar-refractivity contribution in [2.45, 2.75) is 4.90 Å². The largest absolute Gasteiger partial charge is 0.339 e. The summed E-state index contributed by atoms with van der Waals surface area (Å²) in [5, 5.41) is 6.36. The number of nitrogens with one attached hydrogen (secondary N) is 2. The van der Waals surface area contributed by atoms with Gasteiger partial charge in [-0.1, -0.05) is 30.3 Å². The number of hydrogen-bond acceptors (Lipinski definition) is 4. The minimum absolute atomic E-state index is 0.195. The minimum atomic E-state index is -3.24. The molecule has 0 atom stereocenters. The summed E-state index contributed by atoms with van der Waals surface area (Å²) in [4.78, 5) is 11.8. The van der Waals surface area contributed by atoms with Gasteiger partial charge >= 0.3 is 6.03 Å². The van der Waals surface area contributed by atoms with Crippen LogP contribution in [0.2, 0.25) is 0 Å². The highest BCUT2D eigenvalue weighted by atomic mass is 32.2. The summed E-state index contributed by atoms with van der Waals surface area (Å²) >= 11 is 0. The zero-order chi connectivity index (χ0) is 16.0. The molecule has 2 rings (SSSR count). The van der Waals surface area contributed by atoms with Crippen molar-refractivity contribution >= 4 is 27.8 Å². The lowest BCUT2D eigenvalue weighted by atomic mass is 10.2. The van der Waals surface area contributed by atoms with Crippen LogP contribution < -0.4 is 10.7 Å². The number of hydrazone groups is 1. The van der Waals surface area contributed by atoms with E-state index in [4.69, 9.17) is 0 Å². The Hall–Kier alpha value is -2.67. The van der Waals surface area contributed by atoms with Gasteiger partial charge in [-0.05, 0) is 29.8 Å². The Bertz CT molecular complexity index is 769. The van der Waals surface area contributed by atoms with Crippen molar-refractivity contribution in [1.82, 2.24) is 5.43 Å². The molecule has 22 heavy (non-hydrogen) atoms. The van der Waals surface area contributed by atoms with E-state index in [0.29, 0.717) is 5.69 Å². The first-order valence-corrected chi connectivity index (χ1v) is 8.29. The van der Waals surface area contributed by atoms with Gasteiger partial charge in [-0.2, -0.15) is 5.10 Å². The van der Waals surface area contributed by atoms with Gasteiger partial charge in [0.1, 0.15) is 0 Å². The van der Waals surface area contributed by atoms with Crippen LogP contribution in [0, 0.1) is 0 Å². The maximum Gasteiger partial charge on any atom is 0.339 e. The molecule has 0 unspecified atom stereocenters. The first kappa shape index (κ1) is 15.7. The van der Waals surface area contributed by atoms with Gasteiger partial charge in [0.25, 0.3) is 0 Å². The van der Waals surface area contributed by atoms with E-state index in [1.807, 2.05) is 30.3 Å². The highest BCUT2D eigenvalue weighted by molar-refractivity contribution is 7.90. The highest BCUT2D eigenvalue weighted by Gasteiger charge is 2.07. The molecular formula is C15H15N3O3S. The zero-order valence-corrected chi connectivity index (χ0v) is 12.7. The summed E-state index contributed by atoms with van der Waals surface area (Å²) < 4.78 is 22.6. The van der Waals surface area contributed by atoms with Crippen LogP contribution in [-0.4, -0.2) is 26.9 Å². The molecule has 0 saturated carbocycles. The van der Waals surface area contributed by atoms with Crippen LogP contribution in [0.1, 0.15) is 5.56 Å². The maximum atomic E-state index is 11.6. The summed E-state index contributed by atoms with van der Waals surface area (Å²) in [6, 6.07) is 14.7. The molecule has 0 spiro atoms. The van der Waals surface area contributed by atoms with Gasteiger partial charge in [-0.3, -0.25) is 0 Å². The number of rotatable bonds is 4. The first-order valence-electron chi connectivity index (χ1n) is 6.40. The van der Waals surface area contributed by atoms with Crippen molar-refractivity contribution in [3.05, 3.63) is 60.2 Å². The second-order valence-corrected chi connectivity index (χ2v) is 6.55. The van der Waals surface area contributed by atoms with E-state index >= 15 is 0 Å². The Morgan fingerprint density at radius 1 is 1.05 bits per heavy atom. The van der Waals surface area contributed by atoms with Crippen LogP contribution in [0.15, 0.2) is 64.6 Å². The first-order chi connectivity index (χ1) is 10.4. The molecule has 0 heterocycles. The Balaban J connectivity index is 1.91. The molecule has 0 bridgehead atoms. The number of anilines is 1. The van der Waals surface area contributed by atoms with Gasteiger partial charge in [-0.15, -0.1) is 0 Å². The Morgan fingerprint density at radius 3 is 2.27 bits per heavy atom. The molecule has 2 N–H and O–H groups in total. The molecule has 0 aromatic heterocycles. The van der Waals surface area contributed by atoms with Crippen LogP contribution in [0.5, 0.6) is 0 Å². The number of benzene rings is 2. The van der Waals surface area contributed by atoms with Gasteiger partial charge in [0, 0.05) is 11.9 Å². The third-order valence-electron chi connectivity index (χ3n) is 2.72. The van der Waals surface area contributed by atoms with Crippen LogP contribution in [0.4, 0.5) is 10.5 Å². The van der Waals surface area contributed by atoms with Crippen molar-refractivity contribution in [2.24, 2.45) is 5.10 Å². The molecule has 0 aliphatic rings. The lowest BCUT2D eigenvalue weighted by molar-refractivity contribution is 0.252. The number of hydrogen-bond donors (Lipinski definition) is 2. The number of amides is 2. The molecule has 2 aromatic carbocycles. The number of carbonyl (C=O) groups is 1. The van der Waals surface area contributed by atoms with E-state index in [1.54, 1.807) is 0 Å². The number of urea groups is 1. The van der Waals surface area contributed by atoms with E-state index in [1.165, 1.54) is 30.5 Å². The average molecular weight is 317 g/mol. The fraction of sp³-hybridized carbons (Fsp3) is 0.0667. The van der Waals surface area contributed by atoms with Crippen LogP contribution >= 0.6 is 0 Å². The topological polar surface area (TPSA) is 87.6 Å². The van der Waals surface area contributed by atoms with E-state index in [-0.39, 0.29) is 4.90 Å². The predicted molar refractivity (Wildman–Crippen MR) is 85.7 cm³/mol. The smallest absolute Gasteiger partial charge is 0.307 e. The zero-order valence-electron chi connectivity index (χ0n) is 11.9. The molecule has 2 aromatic rings.